The number of carbonyl (C=O) groups is 1. The van der Waals surface area contributed by atoms with Crippen molar-refractivity contribution in [1.82, 2.24) is 5.32 Å². The molecule has 11 nitrogen and oxygen atoms in total. The summed E-state index contributed by atoms with van der Waals surface area (Å²) in [6.45, 7) is 3.41. The molecular formula is C51H97NO10. The summed E-state index contributed by atoms with van der Waals surface area (Å²) in [6, 6.07) is -1.20. The third-order valence-corrected chi connectivity index (χ3v) is 12.5. The first-order valence-electron chi connectivity index (χ1n) is 25.7. The van der Waals surface area contributed by atoms with Crippen molar-refractivity contribution >= 4 is 5.91 Å². The Labute approximate surface area is 378 Å². The number of aliphatic hydroxyl groups excluding tert-OH is 7. The fourth-order valence-electron chi connectivity index (χ4n) is 8.25. The summed E-state index contributed by atoms with van der Waals surface area (Å²) < 4.78 is 11.1. The van der Waals surface area contributed by atoms with E-state index in [4.69, 9.17) is 9.47 Å². The van der Waals surface area contributed by atoms with Crippen LogP contribution in [0.15, 0.2) is 24.3 Å². The van der Waals surface area contributed by atoms with E-state index in [0.29, 0.717) is 19.3 Å². The lowest BCUT2D eigenvalue weighted by Gasteiger charge is -2.40. The van der Waals surface area contributed by atoms with Crippen molar-refractivity contribution in [3.8, 4) is 0 Å². The Morgan fingerprint density at radius 3 is 1.48 bits per heavy atom. The molecule has 0 aromatic heterocycles. The molecule has 1 fully saturated rings. The zero-order valence-corrected chi connectivity index (χ0v) is 39.6. The van der Waals surface area contributed by atoms with Crippen molar-refractivity contribution in [2.45, 2.75) is 281 Å². The Bertz CT molecular complexity index is 1060. The number of aliphatic hydroxyl groups is 7. The lowest BCUT2D eigenvalue weighted by Crippen LogP contribution is -2.60. The van der Waals surface area contributed by atoms with Crippen LogP contribution < -0.4 is 5.32 Å². The zero-order valence-electron chi connectivity index (χ0n) is 39.6. The smallest absolute Gasteiger partial charge is 0.249 e. The van der Waals surface area contributed by atoms with Gasteiger partial charge in [-0.15, -0.1) is 0 Å². The highest BCUT2D eigenvalue weighted by Gasteiger charge is 2.44. The van der Waals surface area contributed by atoms with Gasteiger partial charge in [-0.25, -0.2) is 0 Å². The zero-order chi connectivity index (χ0) is 45.5. The fraction of sp³-hybridized carbons (Fsp3) is 0.902. The van der Waals surface area contributed by atoms with E-state index in [0.717, 1.165) is 25.7 Å². The molecule has 1 amide bonds. The highest BCUT2D eigenvalue weighted by atomic mass is 16.7. The average Bonchev–Trinajstić information content (AvgIpc) is 3.27. The van der Waals surface area contributed by atoms with Crippen molar-refractivity contribution in [3.05, 3.63) is 24.3 Å². The molecule has 1 heterocycles. The molecule has 0 saturated carbocycles. The maximum absolute atomic E-state index is 13.0. The SMILES string of the molecule is CCCCCCCC/C=C\C/C=C\CC(O)C(=O)NC(COC1OC(CO)C(O)C(O)C1O)C(O)C(O)CCCCCCCCCCCCCCCCCCCCCCCCC. The van der Waals surface area contributed by atoms with Gasteiger partial charge >= 0.3 is 0 Å². The van der Waals surface area contributed by atoms with Crippen LogP contribution in [0.1, 0.15) is 226 Å². The van der Waals surface area contributed by atoms with Gasteiger partial charge in [0.15, 0.2) is 6.29 Å². The summed E-state index contributed by atoms with van der Waals surface area (Å²) in [5, 5.41) is 75.7. The number of allylic oxidation sites excluding steroid dienone is 3. The largest absolute Gasteiger partial charge is 0.394 e. The first kappa shape index (κ1) is 58.6. The van der Waals surface area contributed by atoms with Gasteiger partial charge in [-0.1, -0.05) is 218 Å². The first-order chi connectivity index (χ1) is 30.2. The molecule has 1 rings (SSSR count). The standard InChI is InChI=1S/C51H97NO10/c1-3-5-7-9-11-13-15-17-18-19-20-21-22-23-24-25-26-27-29-30-32-34-36-38-43(54)46(56)42(41-61-51-49(59)48(58)47(57)45(40-53)62-51)52-50(60)44(55)39-37-35-33-31-28-16-14-12-10-8-6-4-2/h28,31,35,37,42-49,51,53-59H,3-27,29-30,32-34,36,38-41H2,1-2H3,(H,52,60)/b31-28-,37-35-. The van der Waals surface area contributed by atoms with Gasteiger partial charge in [0.2, 0.25) is 5.91 Å². The van der Waals surface area contributed by atoms with E-state index < -0.39 is 74.2 Å². The van der Waals surface area contributed by atoms with Crippen LogP contribution in [0.3, 0.4) is 0 Å². The predicted molar refractivity (Wildman–Crippen MR) is 252 cm³/mol. The lowest BCUT2D eigenvalue weighted by molar-refractivity contribution is -0.303. The summed E-state index contributed by atoms with van der Waals surface area (Å²) in [5.74, 6) is -0.762. The van der Waals surface area contributed by atoms with E-state index in [1.54, 1.807) is 6.08 Å². The average molecular weight is 884 g/mol. The molecule has 1 aliphatic rings. The molecule has 62 heavy (non-hydrogen) atoms. The van der Waals surface area contributed by atoms with Crippen LogP contribution in [0.5, 0.6) is 0 Å². The van der Waals surface area contributed by atoms with Crippen molar-refractivity contribution in [2.75, 3.05) is 13.2 Å². The van der Waals surface area contributed by atoms with Gasteiger partial charge in [0, 0.05) is 6.42 Å². The second kappa shape index (κ2) is 41.1. The van der Waals surface area contributed by atoms with Crippen molar-refractivity contribution in [2.24, 2.45) is 0 Å². The Kier molecular flexibility index (Phi) is 38.8. The van der Waals surface area contributed by atoms with Gasteiger partial charge in [0.1, 0.15) is 36.6 Å². The number of hydrogen-bond donors (Lipinski definition) is 8. The van der Waals surface area contributed by atoms with Crippen LogP contribution in [0.2, 0.25) is 0 Å². The lowest BCUT2D eigenvalue weighted by atomic mass is 9.98. The summed E-state index contributed by atoms with van der Waals surface area (Å²) in [4.78, 5) is 13.0. The first-order valence-corrected chi connectivity index (χ1v) is 25.7. The molecular weight excluding hydrogens is 787 g/mol. The molecule has 9 unspecified atom stereocenters. The Morgan fingerprint density at radius 2 is 1.02 bits per heavy atom. The molecule has 1 saturated heterocycles. The van der Waals surface area contributed by atoms with Crippen molar-refractivity contribution < 1.29 is 50.0 Å². The van der Waals surface area contributed by atoms with E-state index in [1.807, 2.05) is 6.08 Å². The fourth-order valence-corrected chi connectivity index (χ4v) is 8.25. The minimum absolute atomic E-state index is 0.0511. The molecule has 0 radical (unpaired) electrons. The summed E-state index contributed by atoms with van der Waals surface area (Å²) >= 11 is 0. The van der Waals surface area contributed by atoms with Gasteiger partial charge < -0.3 is 50.5 Å². The van der Waals surface area contributed by atoms with Gasteiger partial charge in [0.25, 0.3) is 0 Å². The summed E-state index contributed by atoms with van der Waals surface area (Å²) in [5.41, 5.74) is 0. The topological polar surface area (TPSA) is 189 Å². The monoisotopic (exact) mass is 884 g/mol. The minimum atomic E-state index is -1.67. The normalized spacial score (nSPS) is 21.5. The van der Waals surface area contributed by atoms with Crippen molar-refractivity contribution in [1.29, 1.82) is 0 Å². The molecule has 9 atom stereocenters. The second-order valence-corrected chi connectivity index (χ2v) is 18.3. The quantitative estimate of drug-likeness (QED) is 0.0216. The molecule has 0 spiro atoms. The van der Waals surface area contributed by atoms with Gasteiger partial charge in [0.05, 0.1) is 25.4 Å². The molecule has 0 bridgehead atoms. The number of hydrogen-bond acceptors (Lipinski definition) is 10. The molecule has 366 valence electrons. The molecule has 8 N–H and O–H groups in total. The van der Waals surface area contributed by atoms with Crippen LogP contribution in [-0.4, -0.2) is 110 Å². The van der Waals surface area contributed by atoms with E-state index in [9.17, 15) is 40.5 Å². The van der Waals surface area contributed by atoms with E-state index in [2.05, 4.69) is 31.3 Å². The van der Waals surface area contributed by atoms with Crippen molar-refractivity contribution in [3.63, 3.8) is 0 Å². The Hall–Kier alpha value is -1.41. The third kappa shape index (κ3) is 29.9. The highest BCUT2D eigenvalue weighted by molar-refractivity contribution is 5.81. The Morgan fingerprint density at radius 1 is 0.581 bits per heavy atom. The van der Waals surface area contributed by atoms with Gasteiger partial charge in [-0.2, -0.15) is 0 Å². The number of nitrogens with one attached hydrogen (secondary N) is 1. The summed E-state index contributed by atoms with van der Waals surface area (Å²) in [7, 11) is 0. The summed E-state index contributed by atoms with van der Waals surface area (Å²) in [6.07, 6.45) is 35.4. The maximum Gasteiger partial charge on any atom is 0.249 e. The molecule has 0 aromatic carbocycles. The predicted octanol–water partition coefficient (Wildman–Crippen LogP) is 9.40. The third-order valence-electron chi connectivity index (χ3n) is 12.5. The van der Waals surface area contributed by atoms with Crippen LogP contribution in [0.4, 0.5) is 0 Å². The number of amides is 1. The minimum Gasteiger partial charge on any atom is -0.394 e. The van der Waals surface area contributed by atoms with E-state index in [1.165, 1.54) is 161 Å². The highest BCUT2D eigenvalue weighted by Crippen LogP contribution is 2.23. The van der Waals surface area contributed by atoms with E-state index >= 15 is 0 Å². The molecule has 0 aromatic rings. The molecule has 0 aliphatic carbocycles. The number of carbonyl (C=O) groups excluding carboxylic acids is 1. The molecule has 1 aliphatic heterocycles. The molecule has 11 heteroatoms. The van der Waals surface area contributed by atoms with Crippen LogP contribution >= 0.6 is 0 Å². The second-order valence-electron chi connectivity index (χ2n) is 18.3. The number of rotatable bonds is 43. The van der Waals surface area contributed by atoms with Crippen LogP contribution in [0.25, 0.3) is 0 Å². The number of unbranched alkanes of at least 4 members (excludes halogenated alkanes) is 28. The van der Waals surface area contributed by atoms with Gasteiger partial charge in [-0.3, -0.25) is 4.79 Å². The maximum atomic E-state index is 13.0. The van der Waals surface area contributed by atoms with Crippen LogP contribution in [0, 0.1) is 0 Å². The van der Waals surface area contributed by atoms with Gasteiger partial charge in [-0.05, 0) is 25.7 Å². The Balaban J connectivity index is 2.36. The van der Waals surface area contributed by atoms with Crippen LogP contribution in [-0.2, 0) is 14.3 Å². The number of ether oxygens (including phenoxy) is 2. The van der Waals surface area contributed by atoms with E-state index in [-0.39, 0.29) is 6.42 Å².